The van der Waals surface area contributed by atoms with Crippen LogP contribution in [0.25, 0.3) is 0 Å². The van der Waals surface area contributed by atoms with Gasteiger partial charge in [0.1, 0.15) is 11.6 Å². The Hall–Kier alpha value is -1.72. The highest BCUT2D eigenvalue weighted by molar-refractivity contribution is 5.93. The van der Waals surface area contributed by atoms with Gasteiger partial charge in [-0.05, 0) is 63.2 Å². The molecule has 5 aliphatic rings. The fourth-order valence-corrected chi connectivity index (χ4v) is 7.14. The number of rotatable bonds is 0. The predicted molar refractivity (Wildman–Crippen MR) is 96.9 cm³/mol. The van der Waals surface area contributed by atoms with E-state index < -0.39 is 10.8 Å². The van der Waals surface area contributed by atoms with E-state index in [0.29, 0.717) is 51.4 Å². The van der Waals surface area contributed by atoms with E-state index in [0.717, 1.165) is 12.8 Å². The van der Waals surface area contributed by atoms with Crippen molar-refractivity contribution < 1.29 is 28.7 Å². The maximum Gasteiger partial charge on any atom is 0.313 e. The fraction of sp³-hybridized carbons (Fsp3) is 0.818. The Morgan fingerprint density at radius 3 is 1.54 bits per heavy atom. The minimum absolute atomic E-state index is 0.0416. The van der Waals surface area contributed by atoms with Crippen molar-refractivity contribution in [2.24, 2.45) is 34.5 Å². The van der Waals surface area contributed by atoms with Crippen LogP contribution in [0.4, 0.5) is 0 Å². The summed E-state index contributed by atoms with van der Waals surface area (Å²) in [6.45, 7) is 0.518. The van der Waals surface area contributed by atoms with Crippen LogP contribution in [0.15, 0.2) is 0 Å². The van der Waals surface area contributed by atoms with Crippen LogP contribution in [-0.4, -0.2) is 36.7 Å². The Bertz CT molecular complexity index is 681. The lowest BCUT2D eigenvalue weighted by Gasteiger charge is -2.57. The molecule has 6 heteroatoms. The molecule has 6 atom stereocenters. The number of esters is 2. The quantitative estimate of drug-likeness (QED) is 0.593. The molecule has 1 heterocycles. The number of cyclic esters (lactones) is 2. The first kappa shape index (κ1) is 18.3. The Kier molecular flexibility index (Phi) is 4.18. The molecule has 0 amide bonds. The lowest BCUT2D eigenvalue weighted by Crippen LogP contribution is -2.62. The molecule has 0 aromatic rings. The van der Waals surface area contributed by atoms with Crippen molar-refractivity contribution in [3.63, 3.8) is 0 Å². The van der Waals surface area contributed by atoms with E-state index in [9.17, 15) is 19.2 Å². The Morgan fingerprint density at radius 2 is 1.11 bits per heavy atom. The molecule has 152 valence electrons. The minimum atomic E-state index is -0.693. The summed E-state index contributed by atoms with van der Waals surface area (Å²) in [7, 11) is 0. The third-order valence-corrected chi connectivity index (χ3v) is 8.70. The molecule has 2 spiro atoms. The lowest BCUT2D eigenvalue weighted by atomic mass is 9.46. The molecule has 1 aliphatic heterocycles. The third-order valence-electron chi connectivity index (χ3n) is 8.70. The van der Waals surface area contributed by atoms with Crippen molar-refractivity contribution >= 4 is 23.5 Å². The number of carbonyl (C=O) groups excluding carboxylic acids is 4. The van der Waals surface area contributed by atoms with E-state index in [2.05, 4.69) is 0 Å². The summed E-state index contributed by atoms with van der Waals surface area (Å²) < 4.78 is 11.4. The van der Waals surface area contributed by atoms with Gasteiger partial charge in [0.2, 0.25) is 0 Å². The summed E-state index contributed by atoms with van der Waals surface area (Å²) in [5.74, 6) is -0.424. The van der Waals surface area contributed by atoms with Gasteiger partial charge in [0.15, 0.2) is 0 Å². The number of ketones is 2. The van der Waals surface area contributed by atoms with E-state index >= 15 is 0 Å². The molecule has 0 aromatic carbocycles. The number of Topliss-reactive ketones (excluding diaryl/α,β-unsaturated/α-hetero) is 2. The zero-order chi connectivity index (χ0) is 19.5. The minimum Gasteiger partial charge on any atom is -0.465 e. The van der Waals surface area contributed by atoms with E-state index in [-0.39, 0.29) is 60.4 Å². The molecule has 28 heavy (non-hydrogen) atoms. The first-order valence-electron chi connectivity index (χ1n) is 10.9. The van der Waals surface area contributed by atoms with Gasteiger partial charge in [0.05, 0.1) is 24.0 Å². The smallest absolute Gasteiger partial charge is 0.313 e. The van der Waals surface area contributed by atoms with Gasteiger partial charge in [-0.2, -0.15) is 0 Å². The fourth-order valence-electron chi connectivity index (χ4n) is 7.14. The van der Waals surface area contributed by atoms with Gasteiger partial charge in [-0.15, -0.1) is 0 Å². The number of hydrogen-bond donors (Lipinski definition) is 0. The molecule has 0 bridgehead atoms. The third kappa shape index (κ3) is 2.26. The van der Waals surface area contributed by atoms with Gasteiger partial charge in [0.25, 0.3) is 0 Å². The van der Waals surface area contributed by atoms with Gasteiger partial charge in [-0.25, -0.2) is 0 Å². The van der Waals surface area contributed by atoms with Crippen LogP contribution >= 0.6 is 0 Å². The molecule has 1 saturated heterocycles. The number of ether oxygens (including phenoxy) is 2. The number of hydrogen-bond acceptors (Lipinski definition) is 6. The average Bonchev–Trinajstić information content (AvgIpc) is 2.64. The van der Waals surface area contributed by atoms with Crippen molar-refractivity contribution in [3.05, 3.63) is 0 Å². The number of carbonyl (C=O) groups is 4. The maximum absolute atomic E-state index is 13.1. The monoisotopic (exact) mass is 388 g/mol. The second kappa shape index (κ2) is 6.39. The molecular formula is C22H28O6. The van der Waals surface area contributed by atoms with Gasteiger partial charge in [0, 0.05) is 24.7 Å². The van der Waals surface area contributed by atoms with Crippen molar-refractivity contribution in [2.45, 2.75) is 64.2 Å². The van der Waals surface area contributed by atoms with E-state index in [1.165, 1.54) is 0 Å². The van der Waals surface area contributed by atoms with Crippen LogP contribution in [0, 0.1) is 34.5 Å². The molecule has 6 nitrogen and oxygen atoms in total. The summed E-state index contributed by atoms with van der Waals surface area (Å²) in [6.07, 6.45) is 6.54. The highest BCUT2D eigenvalue weighted by Crippen LogP contribution is 2.62. The Labute approximate surface area is 164 Å². The maximum atomic E-state index is 13.1. The molecule has 0 radical (unpaired) electrons. The molecule has 0 unspecified atom stereocenters. The standard InChI is InChI=1S/C22H28O6/c23-17-3-1-7-21-13(11-15(17)21)5-9-28-20(26)22-8-2-4-18(24)16(22)12-14(22)6-10-27-19(21)25/h13-16H,1-12H2/t13-,14+,15-,16-,21+,22+/m0/s1. The molecule has 5 fully saturated rings. The summed E-state index contributed by atoms with van der Waals surface area (Å²) >= 11 is 0. The molecule has 0 N–H and O–H groups in total. The average molecular weight is 388 g/mol. The van der Waals surface area contributed by atoms with Crippen LogP contribution in [-0.2, 0) is 28.7 Å². The predicted octanol–water partition coefficient (Wildman–Crippen LogP) is 2.62. The summed E-state index contributed by atoms with van der Waals surface area (Å²) in [5, 5.41) is 0. The van der Waals surface area contributed by atoms with Gasteiger partial charge >= 0.3 is 11.9 Å². The van der Waals surface area contributed by atoms with Crippen molar-refractivity contribution in [2.75, 3.05) is 13.2 Å². The van der Waals surface area contributed by atoms with Crippen LogP contribution in [0.5, 0.6) is 0 Å². The van der Waals surface area contributed by atoms with Crippen LogP contribution in [0.2, 0.25) is 0 Å². The highest BCUT2D eigenvalue weighted by Gasteiger charge is 2.66. The molecule has 0 aromatic heterocycles. The largest absolute Gasteiger partial charge is 0.465 e. The van der Waals surface area contributed by atoms with Gasteiger partial charge < -0.3 is 9.47 Å². The Morgan fingerprint density at radius 1 is 0.679 bits per heavy atom. The Balaban J connectivity index is 1.38. The van der Waals surface area contributed by atoms with Crippen LogP contribution in [0.3, 0.4) is 0 Å². The normalized spacial score (nSPS) is 46.0. The molecular weight excluding hydrogens is 360 g/mol. The van der Waals surface area contributed by atoms with Crippen molar-refractivity contribution in [3.8, 4) is 0 Å². The zero-order valence-electron chi connectivity index (χ0n) is 16.2. The van der Waals surface area contributed by atoms with Crippen molar-refractivity contribution in [1.29, 1.82) is 0 Å². The SMILES string of the molecule is O=C1CCC[C@@]23C(=O)OCC[C@H]4C[C@H]5C(=O)CCC[C@@]45C(=O)OCC[C@@H]2C[C@@H]13. The van der Waals surface area contributed by atoms with Crippen LogP contribution < -0.4 is 0 Å². The van der Waals surface area contributed by atoms with Crippen LogP contribution in [0.1, 0.15) is 64.2 Å². The molecule has 4 aliphatic carbocycles. The van der Waals surface area contributed by atoms with Crippen molar-refractivity contribution in [1.82, 2.24) is 0 Å². The van der Waals surface area contributed by atoms with E-state index in [1.54, 1.807) is 0 Å². The summed E-state index contributed by atoms with van der Waals surface area (Å²) in [4.78, 5) is 50.8. The summed E-state index contributed by atoms with van der Waals surface area (Å²) in [5.41, 5.74) is -1.39. The second-order valence-corrected chi connectivity index (χ2v) is 9.54. The first-order valence-corrected chi connectivity index (χ1v) is 10.9. The lowest BCUT2D eigenvalue weighted by molar-refractivity contribution is -0.200. The summed E-state index contributed by atoms with van der Waals surface area (Å²) in [6, 6.07) is 0. The molecule has 5 rings (SSSR count). The van der Waals surface area contributed by atoms with E-state index in [4.69, 9.17) is 9.47 Å². The topological polar surface area (TPSA) is 86.7 Å². The highest BCUT2D eigenvalue weighted by atomic mass is 16.5. The van der Waals surface area contributed by atoms with Gasteiger partial charge in [-0.3, -0.25) is 19.2 Å². The van der Waals surface area contributed by atoms with E-state index in [1.807, 2.05) is 0 Å². The first-order chi connectivity index (χ1) is 13.5. The zero-order valence-corrected chi connectivity index (χ0v) is 16.2. The second-order valence-electron chi connectivity index (χ2n) is 9.54. The molecule has 4 saturated carbocycles. The van der Waals surface area contributed by atoms with Gasteiger partial charge in [-0.1, -0.05) is 0 Å².